The topological polar surface area (TPSA) is 44.5 Å². The second-order valence-corrected chi connectivity index (χ2v) is 5.12. The van der Waals surface area contributed by atoms with Crippen molar-refractivity contribution < 1.29 is 13.9 Å². The Balaban J connectivity index is 2.24. The molecule has 21 heavy (non-hydrogen) atoms. The molecule has 2 aromatic rings. The number of methoxy groups -OCH3 is 1. The maximum Gasteiger partial charge on any atom is 0.130 e. The number of hydrogen-bond donors (Lipinski definition) is 1. The molecule has 0 bridgehead atoms. The number of hydrogen-bond acceptors (Lipinski definition) is 3. The molecular formula is C17H20FNO2. The molecule has 0 amide bonds. The van der Waals surface area contributed by atoms with Crippen LogP contribution < -0.4 is 10.5 Å². The Labute approximate surface area is 124 Å². The van der Waals surface area contributed by atoms with E-state index in [1.165, 1.54) is 12.1 Å². The summed E-state index contributed by atoms with van der Waals surface area (Å²) >= 11 is 0. The Morgan fingerprint density at radius 1 is 1.19 bits per heavy atom. The minimum absolute atomic E-state index is 0.0611. The van der Waals surface area contributed by atoms with E-state index in [2.05, 4.69) is 0 Å². The van der Waals surface area contributed by atoms with Gasteiger partial charge in [-0.15, -0.1) is 0 Å². The number of nitrogens with two attached hydrogens (primary N) is 1. The molecule has 4 heteroatoms. The van der Waals surface area contributed by atoms with Crippen molar-refractivity contribution in [1.82, 2.24) is 0 Å². The lowest BCUT2D eigenvalue weighted by Crippen LogP contribution is -2.18. The molecule has 0 aliphatic heterocycles. The molecule has 0 aromatic heterocycles. The number of ether oxygens (including phenoxy) is 2. The summed E-state index contributed by atoms with van der Waals surface area (Å²) < 4.78 is 24.4. The van der Waals surface area contributed by atoms with Crippen molar-refractivity contribution in [2.75, 3.05) is 7.11 Å². The van der Waals surface area contributed by atoms with E-state index in [9.17, 15) is 4.39 Å². The number of benzene rings is 2. The number of rotatable bonds is 6. The quantitative estimate of drug-likeness (QED) is 0.882. The van der Waals surface area contributed by atoms with Gasteiger partial charge < -0.3 is 15.2 Å². The lowest BCUT2D eigenvalue weighted by molar-refractivity contribution is 0.184. The second kappa shape index (κ2) is 7.20. The van der Waals surface area contributed by atoms with Crippen molar-refractivity contribution in [1.29, 1.82) is 0 Å². The molecule has 0 saturated heterocycles. The Hall–Kier alpha value is -1.91. The minimum Gasteiger partial charge on any atom is -0.457 e. The zero-order chi connectivity index (χ0) is 15.2. The van der Waals surface area contributed by atoms with E-state index >= 15 is 0 Å². The van der Waals surface area contributed by atoms with E-state index < -0.39 is 0 Å². The van der Waals surface area contributed by atoms with Crippen LogP contribution in [0.1, 0.15) is 18.1 Å². The first kappa shape index (κ1) is 15.5. The third-order valence-corrected chi connectivity index (χ3v) is 3.00. The predicted molar refractivity (Wildman–Crippen MR) is 81.0 cm³/mol. The highest BCUT2D eigenvalue weighted by Gasteiger charge is 2.09. The third-order valence-electron chi connectivity index (χ3n) is 3.00. The molecule has 0 saturated carbocycles. The SMILES string of the molecule is COCc1cccc(Oc2ccc(F)cc2CC(C)N)c1. The van der Waals surface area contributed by atoms with Gasteiger partial charge in [-0.3, -0.25) is 0 Å². The maximum absolute atomic E-state index is 13.4. The predicted octanol–water partition coefficient (Wildman–Crippen LogP) is 3.65. The molecule has 2 N–H and O–H groups in total. The third kappa shape index (κ3) is 4.55. The Bertz CT molecular complexity index is 599. The van der Waals surface area contributed by atoms with E-state index in [1.54, 1.807) is 13.2 Å². The van der Waals surface area contributed by atoms with Gasteiger partial charge in [0.1, 0.15) is 17.3 Å². The average molecular weight is 289 g/mol. The molecular weight excluding hydrogens is 269 g/mol. The van der Waals surface area contributed by atoms with Gasteiger partial charge in [-0.25, -0.2) is 4.39 Å². The van der Waals surface area contributed by atoms with Gasteiger partial charge in [0, 0.05) is 13.2 Å². The first-order valence-corrected chi connectivity index (χ1v) is 6.88. The molecule has 0 radical (unpaired) electrons. The molecule has 2 rings (SSSR count). The average Bonchev–Trinajstić information content (AvgIpc) is 2.42. The molecule has 112 valence electrons. The highest BCUT2D eigenvalue weighted by Crippen LogP contribution is 2.27. The lowest BCUT2D eigenvalue weighted by Gasteiger charge is -2.13. The van der Waals surface area contributed by atoms with Crippen LogP contribution in [0.2, 0.25) is 0 Å². The summed E-state index contributed by atoms with van der Waals surface area (Å²) in [7, 11) is 1.65. The van der Waals surface area contributed by atoms with Crippen LogP contribution in [0.3, 0.4) is 0 Å². The van der Waals surface area contributed by atoms with E-state index in [0.29, 0.717) is 24.5 Å². The van der Waals surface area contributed by atoms with Crippen molar-refractivity contribution in [3.8, 4) is 11.5 Å². The Morgan fingerprint density at radius 2 is 2.00 bits per heavy atom. The highest BCUT2D eigenvalue weighted by atomic mass is 19.1. The van der Waals surface area contributed by atoms with E-state index in [1.807, 2.05) is 31.2 Å². The van der Waals surface area contributed by atoms with Crippen molar-refractivity contribution in [2.24, 2.45) is 5.73 Å². The van der Waals surface area contributed by atoms with E-state index in [0.717, 1.165) is 11.1 Å². The fourth-order valence-corrected chi connectivity index (χ4v) is 2.15. The van der Waals surface area contributed by atoms with Crippen LogP contribution in [-0.4, -0.2) is 13.2 Å². The van der Waals surface area contributed by atoms with Crippen molar-refractivity contribution in [2.45, 2.75) is 26.0 Å². The van der Waals surface area contributed by atoms with E-state index in [4.69, 9.17) is 15.2 Å². The van der Waals surface area contributed by atoms with Crippen molar-refractivity contribution in [3.63, 3.8) is 0 Å². The molecule has 2 aromatic carbocycles. The van der Waals surface area contributed by atoms with Crippen LogP contribution in [0.4, 0.5) is 4.39 Å². The molecule has 0 aliphatic rings. The van der Waals surface area contributed by atoms with Crippen LogP contribution in [0.5, 0.6) is 11.5 Å². The van der Waals surface area contributed by atoms with Crippen LogP contribution in [0, 0.1) is 5.82 Å². The lowest BCUT2D eigenvalue weighted by atomic mass is 10.1. The molecule has 0 aliphatic carbocycles. The van der Waals surface area contributed by atoms with Crippen LogP contribution in [-0.2, 0) is 17.8 Å². The molecule has 3 nitrogen and oxygen atoms in total. The summed E-state index contributed by atoms with van der Waals surface area (Å²) in [5.74, 6) is 1.04. The fourth-order valence-electron chi connectivity index (χ4n) is 2.15. The maximum atomic E-state index is 13.4. The zero-order valence-corrected chi connectivity index (χ0v) is 12.3. The highest BCUT2D eigenvalue weighted by molar-refractivity contribution is 5.39. The zero-order valence-electron chi connectivity index (χ0n) is 12.3. The summed E-state index contributed by atoms with van der Waals surface area (Å²) in [6, 6.07) is 12.1. The van der Waals surface area contributed by atoms with Crippen molar-refractivity contribution >= 4 is 0 Å². The van der Waals surface area contributed by atoms with E-state index in [-0.39, 0.29) is 11.9 Å². The Morgan fingerprint density at radius 3 is 2.71 bits per heavy atom. The smallest absolute Gasteiger partial charge is 0.130 e. The normalized spacial score (nSPS) is 12.2. The largest absolute Gasteiger partial charge is 0.457 e. The molecule has 0 fully saturated rings. The van der Waals surface area contributed by atoms with Gasteiger partial charge in [-0.1, -0.05) is 12.1 Å². The standard InChI is InChI=1S/C17H20FNO2/c1-12(19)8-14-10-15(18)6-7-17(14)21-16-5-3-4-13(9-16)11-20-2/h3-7,9-10,12H,8,11,19H2,1-2H3. The summed E-state index contributed by atoms with van der Waals surface area (Å²) in [5, 5.41) is 0. The van der Waals surface area contributed by atoms with Gasteiger partial charge in [-0.2, -0.15) is 0 Å². The summed E-state index contributed by atoms with van der Waals surface area (Å²) in [6.07, 6.45) is 0.560. The Kier molecular flexibility index (Phi) is 5.31. The molecule has 1 atom stereocenters. The minimum atomic E-state index is -0.286. The molecule has 1 unspecified atom stereocenters. The monoisotopic (exact) mass is 289 g/mol. The van der Waals surface area contributed by atoms with Gasteiger partial charge in [0.2, 0.25) is 0 Å². The van der Waals surface area contributed by atoms with Gasteiger partial charge in [0.25, 0.3) is 0 Å². The van der Waals surface area contributed by atoms with Gasteiger partial charge in [0.15, 0.2) is 0 Å². The summed E-state index contributed by atoms with van der Waals surface area (Å²) in [4.78, 5) is 0. The first-order valence-electron chi connectivity index (χ1n) is 6.88. The molecule has 0 heterocycles. The number of halogens is 1. The van der Waals surface area contributed by atoms with Crippen LogP contribution >= 0.6 is 0 Å². The van der Waals surface area contributed by atoms with Gasteiger partial charge >= 0.3 is 0 Å². The summed E-state index contributed by atoms with van der Waals surface area (Å²) in [6.45, 7) is 2.40. The van der Waals surface area contributed by atoms with Crippen molar-refractivity contribution in [3.05, 3.63) is 59.4 Å². The van der Waals surface area contributed by atoms with Crippen LogP contribution in [0.15, 0.2) is 42.5 Å². The van der Waals surface area contributed by atoms with Crippen LogP contribution in [0.25, 0.3) is 0 Å². The second-order valence-electron chi connectivity index (χ2n) is 5.12. The van der Waals surface area contributed by atoms with Gasteiger partial charge in [0.05, 0.1) is 6.61 Å². The molecule has 0 spiro atoms. The van der Waals surface area contributed by atoms with Gasteiger partial charge in [-0.05, 0) is 54.8 Å². The first-order chi connectivity index (χ1) is 10.1. The summed E-state index contributed by atoms with van der Waals surface area (Å²) in [5.41, 5.74) is 7.59. The fraction of sp³-hybridized carbons (Fsp3) is 0.294.